The molecule has 1 aromatic rings. The average Bonchev–Trinajstić information content (AvgIpc) is 2.65. The summed E-state index contributed by atoms with van der Waals surface area (Å²) in [6.07, 6.45) is 5.32. The van der Waals surface area contributed by atoms with Crippen molar-refractivity contribution in [3.8, 4) is 0 Å². The normalized spacial score (nSPS) is 20.9. The van der Waals surface area contributed by atoms with Gasteiger partial charge in [-0.1, -0.05) is 18.6 Å². The summed E-state index contributed by atoms with van der Waals surface area (Å²) in [5.41, 5.74) is 1.20. The summed E-state index contributed by atoms with van der Waals surface area (Å²) in [7, 11) is 0. The molecule has 98 valence electrons. The number of benzene rings is 1. The van der Waals surface area contributed by atoms with Crippen molar-refractivity contribution in [2.45, 2.75) is 25.3 Å². The van der Waals surface area contributed by atoms with E-state index >= 15 is 0 Å². The third-order valence-electron chi connectivity index (χ3n) is 3.06. The van der Waals surface area contributed by atoms with Crippen LogP contribution in [-0.4, -0.2) is 35.8 Å². The molecule has 5 nitrogen and oxygen atoms in total. The fraction of sp³-hybridized carbons (Fsp3) is 0.462. The van der Waals surface area contributed by atoms with Gasteiger partial charge in [-0.3, -0.25) is 15.4 Å². The third-order valence-corrected chi connectivity index (χ3v) is 3.06. The Hall–Kier alpha value is -1.43. The number of nitrogens with zero attached hydrogens (tertiary/aromatic N) is 2. The van der Waals surface area contributed by atoms with Gasteiger partial charge in [0.15, 0.2) is 0 Å². The van der Waals surface area contributed by atoms with E-state index < -0.39 is 0 Å². The van der Waals surface area contributed by atoms with Gasteiger partial charge in [-0.2, -0.15) is 0 Å². The van der Waals surface area contributed by atoms with Gasteiger partial charge in [0.1, 0.15) is 0 Å². The molecule has 1 heterocycles. The zero-order valence-corrected chi connectivity index (χ0v) is 10.3. The Morgan fingerprint density at radius 1 is 1.33 bits per heavy atom. The number of nitrogens with one attached hydrogen (secondary N) is 1. The maximum Gasteiger partial charge on any atom is 0.0949 e. The highest BCUT2D eigenvalue weighted by atomic mass is 16.8. The van der Waals surface area contributed by atoms with Crippen molar-refractivity contribution in [1.29, 1.82) is 0 Å². The zero-order chi connectivity index (χ0) is 12.8. The summed E-state index contributed by atoms with van der Waals surface area (Å²) in [4.78, 5) is 4.54. The van der Waals surface area contributed by atoms with E-state index in [4.69, 9.17) is 10.4 Å². The molecule has 0 aromatic heterocycles. The van der Waals surface area contributed by atoms with Crippen LogP contribution in [0.1, 0.15) is 24.8 Å². The van der Waals surface area contributed by atoms with Crippen LogP contribution in [0.5, 0.6) is 0 Å². The van der Waals surface area contributed by atoms with Gasteiger partial charge in [0, 0.05) is 12.8 Å². The van der Waals surface area contributed by atoms with Crippen molar-refractivity contribution in [3.63, 3.8) is 0 Å². The predicted molar refractivity (Wildman–Crippen MR) is 70.6 cm³/mol. The van der Waals surface area contributed by atoms with Gasteiger partial charge in [0.2, 0.25) is 0 Å². The molecule has 1 aliphatic rings. The van der Waals surface area contributed by atoms with Crippen LogP contribution in [0, 0.1) is 0 Å². The number of aliphatic imine (C=N–C) groups is 1. The second-order valence-corrected chi connectivity index (χ2v) is 4.52. The Labute approximate surface area is 107 Å². The molecule has 2 rings (SSSR count). The van der Waals surface area contributed by atoms with Gasteiger partial charge >= 0.3 is 0 Å². The lowest BCUT2D eigenvalue weighted by Gasteiger charge is -2.09. The van der Waals surface area contributed by atoms with E-state index in [1.54, 1.807) is 24.4 Å². The van der Waals surface area contributed by atoms with Gasteiger partial charge < -0.3 is 5.32 Å². The fourth-order valence-corrected chi connectivity index (χ4v) is 2.05. The van der Waals surface area contributed by atoms with Crippen molar-refractivity contribution >= 4 is 11.9 Å². The lowest BCUT2D eigenvalue weighted by atomic mass is 10.1. The lowest BCUT2D eigenvalue weighted by molar-refractivity contribution is 0.0291. The Morgan fingerprint density at radius 2 is 2.22 bits per heavy atom. The molecule has 0 aliphatic carbocycles. The molecule has 0 radical (unpaired) electrons. The first-order valence-electron chi connectivity index (χ1n) is 6.27. The second-order valence-electron chi connectivity index (χ2n) is 4.52. The van der Waals surface area contributed by atoms with Crippen LogP contribution in [0.4, 0.5) is 5.69 Å². The molecule has 0 unspecified atom stereocenters. The number of rotatable bonds is 3. The predicted octanol–water partition coefficient (Wildman–Crippen LogP) is 1.83. The molecule has 3 N–H and O–H groups in total. The maximum atomic E-state index is 8.94. The molecular weight excluding hydrogens is 230 g/mol. The number of hydrogen-bond donors (Lipinski definition) is 3. The van der Waals surface area contributed by atoms with E-state index in [1.165, 1.54) is 12.8 Å². The monoisotopic (exact) mass is 249 g/mol. The highest BCUT2D eigenvalue weighted by Gasteiger charge is 2.09. The van der Waals surface area contributed by atoms with Crippen LogP contribution in [0.3, 0.4) is 0 Å². The molecule has 0 amide bonds. The fourth-order valence-electron chi connectivity index (χ4n) is 2.05. The van der Waals surface area contributed by atoms with Gasteiger partial charge in [-0.25, -0.2) is 0 Å². The Bertz CT molecular complexity index is 399. The minimum absolute atomic E-state index is 0.116. The minimum atomic E-state index is 0.116. The minimum Gasteiger partial charge on any atom is -0.315 e. The van der Waals surface area contributed by atoms with E-state index in [0.717, 1.165) is 25.1 Å². The summed E-state index contributed by atoms with van der Waals surface area (Å²) in [6, 6.07) is 7.26. The molecule has 18 heavy (non-hydrogen) atoms. The standard InChI is InChI=1S/C13H19N3O2/c17-16(18)13-6-3-4-11(8-13)9-15-12-5-1-2-7-14-10-12/h3-4,6,8-9,12,14,17-18H,1-2,5,7,10H2/b15-9+/t12-/m1/s1. The van der Waals surface area contributed by atoms with Gasteiger partial charge in [0.05, 0.1) is 11.7 Å². The zero-order valence-electron chi connectivity index (χ0n) is 10.3. The van der Waals surface area contributed by atoms with E-state index in [-0.39, 0.29) is 5.23 Å². The first-order valence-corrected chi connectivity index (χ1v) is 6.27. The molecule has 5 heteroatoms. The van der Waals surface area contributed by atoms with E-state index in [9.17, 15) is 0 Å². The first-order chi connectivity index (χ1) is 8.75. The molecule has 0 spiro atoms. The molecule has 0 bridgehead atoms. The van der Waals surface area contributed by atoms with Gasteiger partial charge in [-0.05, 0) is 37.1 Å². The van der Waals surface area contributed by atoms with Crippen molar-refractivity contribution in [2.24, 2.45) is 4.99 Å². The molecule has 1 fully saturated rings. The summed E-state index contributed by atoms with van der Waals surface area (Å²) in [5.74, 6) is 0. The maximum absolute atomic E-state index is 8.94. The summed E-state index contributed by atoms with van der Waals surface area (Å²) in [6.45, 7) is 1.99. The third kappa shape index (κ3) is 3.80. The van der Waals surface area contributed by atoms with Crippen molar-refractivity contribution in [2.75, 3.05) is 18.3 Å². The van der Waals surface area contributed by atoms with Gasteiger partial charge in [0.25, 0.3) is 0 Å². The summed E-state index contributed by atoms with van der Waals surface area (Å²) in [5, 5.41) is 21.4. The molecule has 1 aromatic carbocycles. The van der Waals surface area contributed by atoms with Crippen molar-refractivity contribution in [3.05, 3.63) is 29.8 Å². The topological polar surface area (TPSA) is 68.1 Å². The smallest absolute Gasteiger partial charge is 0.0949 e. The molecular formula is C13H19N3O2. The van der Waals surface area contributed by atoms with E-state index in [0.29, 0.717) is 11.7 Å². The Kier molecular flexibility index (Phi) is 4.69. The largest absolute Gasteiger partial charge is 0.315 e. The number of anilines is 1. The lowest BCUT2D eigenvalue weighted by Crippen LogP contribution is -2.23. The second kappa shape index (κ2) is 6.49. The Balaban J connectivity index is 2.01. The SMILES string of the molecule is ON(O)c1cccc(/C=N/[C@@H]2CCCCNC2)c1. The van der Waals surface area contributed by atoms with Crippen LogP contribution < -0.4 is 10.5 Å². The van der Waals surface area contributed by atoms with Crippen molar-refractivity contribution in [1.82, 2.24) is 5.32 Å². The molecule has 1 saturated heterocycles. The summed E-state index contributed by atoms with van der Waals surface area (Å²) < 4.78 is 0. The van der Waals surface area contributed by atoms with Crippen molar-refractivity contribution < 1.29 is 10.4 Å². The average molecular weight is 249 g/mol. The molecule has 1 atom stereocenters. The highest BCUT2D eigenvalue weighted by Crippen LogP contribution is 2.12. The van der Waals surface area contributed by atoms with Crippen LogP contribution in [0.2, 0.25) is 0 Å². The number of hydrogen-bond acceptors (Lipinski definition) is 5. The first kappa shape index (κ1) is 13.0. The Morgan fingerprint density at radius 3 is 3.06 bits per heavy atom. The van der Waals surface area contributed by atoms with E-state index in [1.807, 2.05) is 6.07 Å². The van der Waals surface area contributed by atoms with Crippen LogP contribution >= 0.6 is 0 Å². The highest BCUT2D eigenvalue weighted by molar-refractivity contribution is 5.81. The molecule has 1 aliphatic heterocycles. The quantitative estimate of drug-likeness (QED) is 0.565. The summed E-state index contributed by atoms with van der Waals surface area (Å²) >= 11 is 0. The van der Waals surface area contributed by atoms with Crippen LogP contribution in [0.15, 0.2) is 29.3 Å². The van der Waals surface area contributed by atoms with Crippen LogP contribution in [0.25, 0.3) is 0 Å². The van der Waals surface area contributed by atoms with E-state index in [2.05, 4.69) is 10.3 Å². The van der Waals surface area contributed by atoms with Crippen LogP contribution in [-0.2, 0) is 0 Å². The molecule has 0 saturated carbocycles. The van der Waals surface area contributed by atoms with Gasteiger partial charge in [-0.15, -0.1) is 5.23 Å².